The molecule has 0 saturated carbocycles. The molecule has 0 fully saturated rings. The Kier molecular flexibility index (Phi) is 6.66. The van der Waals surface area contributed by atoms with Crippen molar-refractivity contribution in [1.82, 2.24) is 25.0 Å². The maximum Gasteiger partial charge on any atom is 0.251 e. The average Bonchev–Trinajstić information content (AvgIpc) is 3.36. The molecule has 0 saturated heterocycles. The summed E-state index contributed by atoms with van der Waals surface area (Å²) in [5, 5.41) is 11.7. The fourth-order valence-corrected chi connectivity index (χ4v) is 3.82. The van der Waals surface area contributed by atoms with Gasteiger partial charge in [0.15, 0.2) is 0 Å². The van der Waals surface area contributed by atoms with E-state index in [1.807, 2.05) is 0 Å². The molecule has 1 amide bonds. The second-order valence-corrected chi connectivity index (χ2v) is 7.67. The number of rotatable bonds is 8. The molecule has 1 N–H and O–H groups in total. The first kappa shape index (κ1) is 21.1. The number of amides is 1. The molecule has 0 radical (unpaired) electrons. The molecule has 4 rings (SSSR count). The van der Waals surface area contributed by atoms with E-state index in [4.69, 9.17) is 9.15 Å². The van der Waals surface area contributed by atoms with Crippen molar-refractivity contribution in [2.75, 3.05) is 26.7 Å². The molecule has 2 aromatic heterocycles. The quantitative estimate of drug-likeness (QED) is 0.599. The Labute approximate surface area is 182 Å². The van der Waals surface area contributed by atoms with E-state index in [2.05, 4.69) is 44.0 Å². The van der Waals surface area contributed by atoms with Crippen molar-refractivity contribution in [3.63, 3.8) is 0 Å². The predicted molar refractivity (Wildman–Crippen MR) is 116 cm³/mol. The van der Waals surface area contributed by atoms with Crippen molar-refractivity contribution in [3.05, 3.63) is 65.1 Å². The van der Waals surface area contributed by atoms with Gasteiger partial charge in [-0.1, -0.05) is 6.92 Å². The van der Waals surface area contributed by atoms with Crippen LogP contribution < -0.4 is 10.1 Å². The van der Waals surface area contributed by atoms with Crippen LogP contribution >= 0.6 is 0 Å². The summed E-state index contributed by atoms with van der Waals surface area (Å²) in [6.45, 7) is 6.10. The van der Waals surface area contributed by atoms with E-state index in [1.165, 1.54) is 0 Å². The lowest BCUT2D eigenvalue weighted by Crippen LogP contribution is -2.28. The number of nitrogens with one attached hydrogen (secondary N) is 1. The summed E-state index contributed by atoms with van der Waals surface area (Å²) in [7, 11) is 1.61. The molecule has 0 aliphatic carbocycles. The van der Waals surface area contributed by atoms with E-state index in [1.54, 1.807) is 31.4 Å². The Morgan fingerprint density at radius 3 is 2.65 bits per heavy atom. The second kappa shape index (κ2) is 9.78. The zero-order chi connectivity index (χ0) is 21.6. The van der Waals surface area contributed by atoms with Gasteiger partial charge in [-0.2, -0.15) is 0 Å². The average molecular weight is 424 g/mol. The SMILES string of the molecule is CCc1ccc(CN2CCc3nnc(CCNC(=O)c4ccc(OC)cc4)n3CC2)o1. The van der Waals surface area contributed by atoms with Crippen molar-refractivity contribution < 1.29 is 13.9 Å². The highest BCUT2D eigenvalue weighted by Crippen LogP contribution is 2.15. The van der Waals surface area contributed by atoms with Crippen LogP contribution in [0.15, 0.2) is 40.8 Å². The molecule has 0 unspecified atom stereocenters. The van der Waals surface area contributed by atoms with Crippen molar-refractivity contribution in [2.24, 2.45) is 0 Å². The summed E-state index contributed by atoms with van der Waals surface area (Å²) in [4.78, 5) is 14.7. The lowest BCUT2D eigenvalue weighted by atomic mass is 10.2. The van der Waals surface area contributed by atoms with Gasteiger partial charge in [-0.15, -0.1) is 10.2 Å². The largest absolute Gasteiger partial charge is 0.497 e. The van der Waals surface area contributed by atoms with E-state index in [-0.39, 0.29) is 5.91 Å². The number of nitrogens with zero attached hydrogens (tertiary/aromatic N) is 4. The van der Waals surface area contributed by atoms with Gasteiger partial charge in [-0.3, -0.25) is 9.69 Å². The minimum absolute atomic E-state index is 0.102. The molecule has 0 atom stereocenters. The molecular formula is C23H29N5O3. The third-order valence-electron chi connectivity index (χ3n) is 5.63. The number of carbonyl (C=O) groups excluding carboxylic acids is 1. The van der Waals surface area contributed by atoms with Gasteiger partial charge in [-0.05, 0) is 36.4 Å². The van der Waals surface area contributed by atoms with Crippen molar-refractivity contribution in [1.29, 1.82) is 0 Å². The number of aromatic nitrogens is 3. The Balaban J connectivity index is 1.29. The molecule has 1 aliphatic heterocycles. The maximum absolute atomic E-state index is 12.3. The Morgan fingerprint density at radius 1 is 1.10 bits per heavy atom. The van der Waals surface area contributed by atoms with Crippen LogP contribution in [-0.4, -0.2) is 52.3 Å². The molecule has 31 heavy (non-hydrogen) atoms. The van der Waals surface area contributed by atoms with E-state index in [9.17, 15) is 4.79 Å². The Bertz CT molecular complexity index is 1010. The lowest BCUT2D eigenvalue weighted by Gasteiger charge is -2.18. The predicted octanol–water partition coefficient (Wildman–Crippen LogP) is 2.47. The maximum atomic E-state index is 12.3. The topological polar surface area (TPSA) is 85.4 Å². The molecular weight excluding hydrogens is 394 g/mol. The zero-order valence-corrected chi connectivity index (χ0v) is 18.1. The van der Waals surface area contributed by atoms with Gasteiger partial charge in [0.25, 0.3) is 5.91 Å². The van der Waals surface area contributed by atoms with Crippen LogP contribution in [0.4, 0.5) is 0 Å². The molecule has 164 valence electrons. The second-order valence-electron chi connectivity index (χ2n) is 7.67. The molecule has 3 aromatic rings. The summed E-state index contributed by atoms with van der Waals surface area (Å²) >= 11 is 0. The fourth-order valence-electron chi connectivity index (χ4n) is 3.82. The first-order chi connectivity index (χ1) is 15.2. The fraction of sp³-hybridized carbons (Fsp3) is 0.435. The van der Waals surface area contributed by atoms with Crippen LogP contribution in [-0.2, 0) is 32.4 Å². The highest BCUT2D eigenvalue weighted by Gasteiger charge is 2.19. The highest BCUT2D eigenvalue weighted by atomic mass is 16.5. The van der Waals surface area contributed by atoms with Crippen LogP contribution in [0.2, 0.25) is 0 Å². The van der Waals surface area contributed by atoms with Crippen LogP contribution in [0.3, 0.4) is 0 Å². The lowest BCUT2D eigenvalue weighted by molar-refractivity contribution is 0.0954. The molecule has 8 nitrogen and oxygen atoms in total. The van der Waals surface area contributed by atoms with Gasteiger partial charge in [0.2, 0.25) is 0 Å². The third kappa shape index (κ3) is 5.14. The molecule has 0 bridgehead atoms. The number of hydrogen-bond acceptors (Lipinski definition) is 6. The van der Waals surface area contributed by atoms with Gasteiger partial charge in [-0.25, -0.2) is 0 Å². The number of hydrogen-bond donors (Lipinski definition) is 1. The highest BCUT2D eigenvalue weighted by molar-refractivity contribution is 5.94. The first-order valence-electron chi connectivity index (χ1n) is 10.8. The molecule has 1 aliphatic rings. The van der Waals surface area contributed by atoms with Gasteiger partial charge < -0.3 is 19.0 Å². The summed E-state index contributed by atoms with van der Waals surface area (Å²) in [6, 6.07) is 11.2. The van der Waals surface area contributed by atoms with Crippen LogP contribution in [0, 0.1) is 0 Å². The van der Waals surface area contributed by atoms with Gasteiger partial charge >= 0.3 is 0 Å². The summed E-state index contributed by atoms with van der Waals surface area (Å²) in [5.74, 6) is 4.59. The Morgan fingerprint density at radius 2 is 1.90 bits per heavy atom. The Hall–Kier alpha value is -3.13. The number of fused-ring (bicyclic) bond motifs is 1. The molecule has 8 heteroatoms. The van der Waals surface area contributed by atoms with Crippen molar-refractivity contribution in [3.8, 4) is 5.75 Å². The number of methoxy groups -OCH3 is 1. The van der Waals surface area contributed by atoms with E-state index in [0.717, 1.165) is 67.9 Å². The van der Waals surface area contributed by atoms with E-state index in [0.29, 0.717) is 18.5 Å². The molecule has 1 aromatic carbocycles. The normalized spacial score (nSPS) is 14.1. The summed E-state index contributed by atoms with van der Waals surface area (Å²) < 4.78 is 13.2. The van der Waals surface area contributed by atoms with Crippen molar-refractivity contribution >= 4 is 5.91 Å². The number of aryl methyl sites for hydroxylation is 1. The number of furan rings is 1. The minimum atomic E-state index is -0.102. The van der Waals surface area contributed by atoms with E-state index < -0.39 is 0 Å². The molecule has 0 spiro atoms. The minimum Gasteiger partial charge on any atom is -0.497 e. The molecule has 3 heterocycles. The number of ether oxygens (including phenoxy) is 1. The van der Waals surface area contributed by atoms with Crippen LogP contribution in [0.5, 0.6) is 5.75 Å². The monoisotopic (exact) mass is 423 g/mol. The van der Waals surface area contributed by atoms with Crippen molar-refractivity contribution in [2.45, 2.75) is 39.3 Å². The van der Waals surface area contributed by atoms with E-state index >= 15 is 0 Å². The van der Waals surface area contributed by atoms with Crippen LogP contribution in [0.25, 0.3) is 0 Å². The van der Waals surface area contributed by atoms with Gasteiger partial charge in [0.05, 0.1) is 13.7 Å². The summed E-state index contributed by atoms with van der Waals surface area (Å²) in [6.07, 6.45) is 2.42. The number of carbonyl (C=O) groups is 1. The van der Waals surface area contributed by atoms with Gasteiger partial charge in [0, 0.05) is 51.0 Å². The summed E-state index contributed by atoms with van der Waals surface area (Å²) in [5.41, 5.74) is 0.612. The first-order valence-corrected chi connectivity index (χ1v) is 10.8. The zero-order valence-electron chi connectivity index (χ0n) is 18.1. The smallest absolute Gasteiger partial charge is 0.251 e. The van der Waals surface area contributed by atoms with Crippen LogP contribution in [0.1, 0.15) is 40.5 Å². The van der Waals surface area contributed by atoms with Gasteiger partial charge in [0.1, 0.15) is 28.9 Å². The third-order valence-corrected chi connectivity index (χ3v) is 5.63. The standard InChI is InChI=1S/C23H29N5O3/c1-3-18-8-9-20(31-18)16-27-13-11-22-26-25-21(28(22)15-14-27)10-12-24-23(29)17-4-6-19(30-2)7-5-17/h4-9H,3,10-16H2,1-2H3,(H,24,29). The number of benzene rings is 1.